The Morgan fingerprint density at radius 2 is 0.679 bits per heavy atom. The molecule has 0 heterocycles. The van der Waals surface area contributed by atoms with Crippen molar-refractivity contribution in [3.63, 3.8) is 0 Å². The van der Waals surface area contributed by atoms with Crippen molar-refractivity contribution >= 4 is 19.8 Å². The number of allylic oxidation sites excluding steroid dienone is 8. The van der Waals surface area contributed by atoms with Gasteiger partial charge in [-0.25, -0.2) is 4.57 Å². The van der Waals surface area contributed by atoms with Gasteiger partial charge in [0.15, 0.2) is 6.10 Å². The lowest BCUT2D eigenvalue weighted by atomic mass is 10.0. The van der Waals surface area contributed by atoms with Crippen molar-refractivity contribution in [2.45, 2.75) is 367 Å². The summed E-state index contributed by atoms with van der Waals surface area (Å²) in [6.45, 7) is 3.70. The fourth-order valence-corrected chi connectivity index (χ4v) is 11.3. The van der Waals surface area contributed by atoms with Crippen molar-refractivity contribution in [3.05, 3.63) is 48.6 Å². The average Bonchev–Trinajstić information content (AvgIpc) is 3.46. The van der Waals surface area contributed by atoms with Gasteiger partial charge in [-0.1, -0.05) is 345 Å². The van der Waals surface area contributed by atoms with Gasteiger partial charge in [0.2, 0.25) is 0 Å². The van der Waals surface area contributed by atoms with Crippen molar-refractivity contribution < 1.29 is 37.6 Å². The second kappa shape index (κ2) is 67.1. The third-order valence-corrected chi connectivity index (χ3v) is 16.7. The molecule has 0 aliphatic rings. The lowest BCUT2D eigenvalue weighted by Gasteiger charge is -2.19. The van der Waals surface area contributed by atoms with Crippen LogP contribution in [0.1, 0.15) is 361 Å². The van der Waals surface area contributed by atoms with Crippen LogP contribution in [0.5, 0.6) is 0 Å². The molecule has 0 saturated heterocycles. The number of phosphoric acid groups is 1. The molecule has 0 fully saturated rings. The van der Waals surface area contributed by atoms with E-state index in [4.69, 9.17) is 24.3 Å². The molecule has 0 aliphatic heterocycles. The van der Waals surface area contributed by atoms with Gasteiger partial charge < -0.3 is 20.1 Å². The van der Waals surface area contributed by atoms with E-state index in [0.29, 0.717) is 6.42 Å². The molecule has 3 N–H and O–H groups in total. The quantitative estimate of drug-likeness (QED) is 0.0264. The molecule has 10 heteroatoms. The van der Waals surface area contributed by atoms with Gasteiger partial charge in [-0.05, 0) is 51.4 Å². The second-order valence-electron chi connectivity index (χ2n) is 23.7. The highest BCUT2D eigenvalue weighted by Crippen LogP contribution is 2.43. The van der Waals surface area contributed by atoms with Crippen LogP contribution in [0.25, 0.3) is 0 Å². The Hall–Kier alpha value is -2.03. The van der Waals surface area contributed by atoms with E-state index in [-0.39, 0.29) is 38.6 Å². The number of carbonyl (C=O) groups is 2. The summed E-state index contributed by atoms with van der Waals surface area (Å²) in [6.07, 6.45) is 85.0. The molecule has 9 nitrogen and oxygen atoms in total. The summed E-state index contributed by atoms with van der Waals surface area (Å²) in [5.74, 6) is -0.809. The molecule has 0 bridgehead atoms. The number of ether oxygens (including phenoxy) is 2. The molecule has 0 aromatic rings. The molecule has 476 valence electrons. The molecule has 0 saturated carbocycles. The Balaban J connectivity index is 3.81. The predicted octanol–water partition coefficient (Wildman–Crippen LogP) is 22.9. The summed E-state index contributed by atoms with van der Waals surface area (Å²) in [5.41, 5.74) is 5.40. The molecule has 0 spiro atoms. The van der Waals surface area contributed by atoms with Gasteiger partial charge in [-0.15, -0.1) is 0 Å². The minimum atomic E-state index is -4.39. The minimum Gasteiger partial charge on any atom is -0.462 e. The van der Waals surface area contributed by atoms with Gasteiger partial charge in [-0.2, -0.15) is 0 Å². The topological polar surface area (TPSA) is 134 Å². The van der Waals surface area contributed by atoms with Crippen molar-refractivity contribution in [3.8, 4) is 0 Å². The lowest BCUT2D eigenvalue weighted by Crippen LogP contribution is -2.29. The molecular formula is C71H134NO8P. The monoisotopic (exact) mass is 1160 g/mol. The highest BCUT2D eigenvalue weighted by atomic mass is 31.2. The van der Waals surface area contributed by atoms with E-state index in [2.05, 4.69) is 62.5 Å². The molecule has 0 aromatic heterocycles. The van der Waals surface area contributed by atoms with E-state index in [9.17, 15) is 19.0 Å². The Labute approximate surface area is 502 Å². The zero-order chi connectivity index (χ0) is 58.7. The van der Waals surface area contributed by atoms with Gasteiger partial charge in [0.25, 0.3) is 0 Å². The van der Waals surface area contributed by atoms with Gasteiger partial charge in [0.1, 0.15) is 6.61 Å². The maximum atomic E-state index is 12.8. The predicted molar refractivity (Wildman–Crippen MR) is 349 cm³/mol. The van der Waals surface area contributed by atoms with Crippen LogP contribution >= 0.6 is 7.82 Å². The van der Waals surface area contributed by atoms with E-state index in [1.165, 1.54) is 263 Å². The van der Waals surface area contributed by atoms with Crippen LogP contribution in [0.4, 0.5) is 0 Å². The number of phosphoric ester groups is 1. The zero-order valence-electron chi connectivity index (χ0n) is 53.5. The third-order valence-electron chi connectivity index (χ3n) is 15.7. The van der Waals surface area contributed by atoms with E-state index >= 15 is 0 Å². The van der Waals surface area contributed by atoms with Crippen LogP contribution in [0, 0.1) is 0 Å². The molecule has 81 heavy (non-hydrogen) atoms. The van der Waals surface area contributed by atoms with Crippen LogP contribution in [0.3, 0.4) is 0 Å². The molecule has 0 radical (unpaired) electrons. The molecule has 0 amide bonds. The van der Waals surface area contributed by atoms with Crippen LogP contribution < -0.4 is 5.73 Å². The zero-order valence-corrected chi connectivity index (χ0v) is 54.4. The Bertz CT molecular complexity index is 1470. The molecular weight excluding hydrogens is 1030 g/mol. The lowest BCUT2D eigenvalue weighted by molar-refractivity contribution is -0.161. The van der Waals surface area contributed by atoms with E-state index in [0.717, 1.165) is 64.2 Å². The average molecular weight is 1160 g/mol. The normalized spacial score (nSPS) is 13.2. The van der Waals surface area contributed by atoms with Gasteiger partial charge >= 0.3 is 19.8 Å². The Morgan fingerprint density at radius 1 is 0.383 bits per heavy atom. The van der Waals surface area contributed by atoms with E-state index in [1.807, 2.05) is 0 Å². The maximum absolute atomic E-state index is 12.8. The van der Waals surface area contributed by atoms with Gasteiger partial charge in [-0.3, -0.25) is 18.6 Å². The molecule has 2 unspecified atom stereocenters. The number of carbonyl (C=O) groups excluding carboxylic acids is 2. The summed E-state index contributed by atoms with van der Waals surface area (Å²) < 4.78 is 33.2. The van der Waals surface area contributed by atoms with E-state index in [1.54, 1.807) is 0 Å². The SMILES string of the molecule is CC/C=C\C/C=C\C/C=C\C/C=C\CCCCCCCCCCCCCCCCC(=O)OC(COC(=O)CCCCCCCCCCCCCCCCCCCCCCCCCCCCCCCCCCC)COP(=O)(O)OCCN. The van der Waals surface area contributed by atoms with Crippen molar-refractivity contribution in [2.75, 3.05) is 26.4 Å². The molecule has 2 atom stereocenters. The first-order valence-corrected chi connectivity index (χ1v) is 36.6. The highest BCUT2D eigenvalue weighted by molar-refractivity contribution is 7.47. The molecule has 0 aliphatic carbocycles. The summed E-state index contributed by atoms with van der Waals surface area (Å²) >= 11 is 0. The first kappa shape index (κ1) is 79.0. The van der Waals surface area contributed by atoms with Crippen LogP contribution in [-0.2, 0) is 32.7 Å². The minimum absolute atomic E-state index is 0.0546. The van der Waals surface area contributed by atoms with Crippen LogP contribution in [0.15, 0.2) is 48.6 Å². The number of unbranched alkanes of at least 4 members (excludes halogenated alkanes) is 46. The van der Waals surface area contributed by atoms with Crippen LogP contribution in [-0.4, -0.2) is 49.3 Å². The number of esters is 2. The van der Waals surface area contributed by atoms with Crippen molar-refractivity contribution in [1.82, 2.24) is 0 Å². The first-order chi connectivity index (χ1) is 39.8. The van der Waals surface area contributed by atoms with Gasteiger partial charge in [0, 0.05) is 19.4 Å². The fourth-order valence-electron chi connectivity index (χ4n) is 10.6. The number of rotatable bonds is 67. The number of nitrogens with two attached hydrogens (primary N) is 1. The van der Waals surface area contributed by atoms with Crippen molar-refractivity contribution in [2.24, 2.45) is 5.73 Å². The Kier molecular flexibility index (Phi) is 65.4. The summed E-state index contributed by atoms with van der Waals surface area (Å²) in [6, 6.07) is 0. The number of hydrogen-bond donors (Lipinski definition) is 2. The van der Waals surface area contributed by atoms with Crippen LogP contribution in [0.2, 0.25) is 0 Å². The highest BCUT2D eigenvalue weighted by Gasteiger charge is 2.26. The first-order valence-electron chi connectivity index (χ1n) is 35.1. The second-order valence-corrected chi connectivity index (χ2v) is 25.2. The Morgan fingerprint density at radius 3 is 1.01 bits per heavy atom. The maximum Gasteiger partial charge on any atom is 0.472 e. The summed E-state index contributed by atoms with van der Waals surface area (Å²) in [4.78, 5) is 35.4. The summed E-state index contributed by atoms with van der Waals surface area (Å²) in [7, 11) is -4.39. The standard InChI is InChI=1S/C71H134NO8P/c1-3-5-7-9-11-13-15-17-19-21-23-25-27-29-31-32-33-34-35-36-38-39-41-43-45-47-49-51-53-55-57-59-61-63-70(73)77-67-69(68-79-81(75,76)78-66-65-72)80-71(74)64-62-60-58-56-54-52-50-48-46-44-42-40-37-30-28-26-24-22-20-18-16-14-12-10-8-6-4-2/h6,8,12,14,18,20,24,26,69H,3-5,7,9-11,13,15-17,19,21-23,25,27-68,72H2,1-2H3,(H,75,76)/b8-6-,14-12-,20-18-,26-24-. The van der Waals surface area contributed by atoms with Crippen molar-refractivity contribution in [1.29, 1.82) is 0 Å². The fraction of sp³-hybridized carbons (Fsp3) is 0.859. The molecule has 0 rings (SSSR count). The van der Waals surface area contributed by atoms with E-state index < -0.39 is 26.5 Å². The third kappa shape index (κ3) is 67.0. The number of hydrogen-bond acceptors (Lipinski definition) is 8. The smallest absolute Gasteiger partial charge is 0.462 e. The summed E-state index contributed by atoms with van der Waals surface area (Å²) in [5, 5.41) is 0. The molecule has 0 aromatic carbocycles. The largest absolute Gasteiger partial charge is 0.472 e. The van der Waals surface area contributed by atoms with Gasteiger partial charge in [0.05, 0.1) is 13.2 Å².